The molecular formula is C8H10ClN3O2. The average molecular weight is 216 g/mol. The zero-order valence-corrected chi connectivity index (χ0v) is 8.32. The summed E-state index contributed by atoms with van der Waals surface area (Å²) in [5.74, 6) is 0. The van der Waals surface area contributed by atoms with Gasteiger partial charge < -0.3 is 15.2 Å². The minimum Gasteiger partial charge on any atom is -0.471 e. The topological polar surface area (TPSA) is 59.3 Å². The van der Waals surface area contributed by atoms with Crippen LogP contribution in [0.1, 0.15) is 17.6 Å². The monoisotopic (exact) mass is 215 g/mol. The quantitative estimate of drug-likeness (QED) is 0.761. The third-order valence-corrected chi connectivity index (χ3v) is 2.44. The van der Waals surface area contributed by atoms with Crippen molar-refractivity contribution in [3.63, 3.8) is 0 Å². The summed E-state index contributed by atoms with van der Waals surface area (Å²) in [6.07, 6.45) is 2.92. The Bertz CT molecular complexity index is 367. The van der Waals surface area contributed by atoms with Gasteiger partial charge >= 0.3 is 0 Å². The summed E-state index contributed by atoms with van der Waals surface area (Å²) in [6.45, 7) is -0.174. The largest absolute Gasteiger partial charge is 0.471 e. The van der Waals surface area contributed by atoms with Gasteiger partial charge in [0.2, 0.25) is 6.23 Å². The zero-order chi connectivity index (χ0) is 10.1. The van der Waals surface area contributed by atoms with E-state index in [-0.39, 0.29) is 12.8 Å². The maximum Gasteiger partial charge on any atom is 0.213 e. The Morgan fingerprint density at radius 2 is 2.57 bits per heavy atom. The number of halogens is 1. The van der Waals surface area contributed by atoms with Gasteiger partial charge in [-0.3, -0.25) is 4.68 Å². The number of aromatic nitrogens is 2. The first-order valence-electron chi connectivity index (χ1n) is 4.12. The normalized spacial score (nSPS) is 19.5. The molecule has 2 rings (SSSR count). The number of ether oxygens (including phenoxy) is 1. The molecule has 0 fully saturated rings. The Hall–Kier alpha value is -1.20. The Labute approximate surface area is 85.9 Å². The molecule has 1 aromatic rings. The van der Waals surface area contributed by atoms with Crippen LogP contribution in [0.3, 0.4) is 0 Å². The van der Waals surface area contributed by atoms with Crippen LogP contribution in [0.5, 0.6) is 0 Å². The minimum absolute atomic E-state index is 0.174. The van der Waals surface area contributed by atoms with E-state index in [9.17, 15) is 0 Å². The summed E-state index contributed by atoms with van der Waals surface area (Å²) in [7, 11) is 1.75. The van der Waals surface area contributed by atoms with Crippen molar-refractivity contribution in [2.24, 2.45) is 7.05 Å². The highest BCUT2D eigenvalue weighted by molar-refractivity contribution is 6.31. The fourth-order valence-electron chi connectivity index (χ4n) is 1.38. The molecule has 1 aromatic heterocycles. The molecule has 0 spiro atoms. The number of aryl methyl sites for hydroxylation is 1. The molecular weight excluding hydrogens is 206 g/mol. The van der Waals surface area contributed by atoms with Crippen LogP contribution in [-0.2, 0) is 18.4 Å². The molecule has 1 unspecified atom stereocenters. The summed E-state index contributed by atoms with van der Waals surface area (Å²) in [4.78, 5) is 0. The number of rotatable bonds is 2. The Morgan fingerprint density at radius 1 is 1.79 bits per heavy atom. The summed E-state index contributed by atoms with van der Waals surface area (Å²) >= 11 is 6.02. The smallest absolute Gasteiger partial charge is 0.213 e. The van der Waals surface area contributed by atoms with Crippen LogP contribution >= 0.6 is 11.6 Å². The minimum atomic E-state index is -0.319. The molecule has 1 aliphatic rings. The van der Waals surface area contributed by atoms with Gasteiger partial charge in [0.15, 0.2) is 0 Å². The van der Waals surface area contributed by atoms with Gasteiger partial charge in [-0.15, -0.1) is 0 Å². The van der Waals surface area contributed by atoms with Gasteiger partial charge in [-0.2, -0.15) is 5.10 Å². The van der Waals surface area contributed by atoms with Crippen molar-refractivity contribution in [2.45, 2.75) is 12.8 Å². The molecule has 1 aliphatic heterocycles. The third-order valence-electron chi connectivity index (χ3n) is 2.03. The molecule has 0 aromatic carbocycles. The molecule has 1 atom stereocenters. The van der Waals surface area contributed by atoms with E-state index in [2.05, 4.69) is 10.4 Å². The molecule has 0 bridgehead atoms. The van der Waals surface area contributed by atoms with Crippen LogP contribution in [0.25, 0.3) is 0 Å². The maximum absolute atomic E-state index is 8.96. The SMILES string of the molecule is Cn1nc(CO)c(Cl)c1C1NC=CO1. The summed E-state index contributed by atoms with van der Waals surface area (Å²) in [5.41, 5.74) is 1.17. The van der Waals surface area contributed by atoms with E-state index < -0.39 is 0 Å². The second-order valence-corrected chi connectivity index (χ2v) is 3.29. The van der Waals surface area contributed by atoms with E-state index in [1.807, 2.05) is 0 Å². The molecule has 0 saturated carbocycles. The van der Waals surface area contributed by atoms with E-state index in [0.717, 1.165) is 0 Å². The second-order valence-electron chi connectivity index (χ2n) is 2.91. The fraction of sp³-hybridized carbons (Fsp3) is 0.375. The van der Waals surface area contributed by atoms with Crippen molar-refractivity contribution in [3.8, 4) is 0 Å². The van der Waals surface area contributed by atoms with Crippen LogP contribution in [0.4, 0.5) is 0 Å². The number of nitrogens with one attached hydrogen (secondary N) is 1. The Morgan fingerprint density at radius 3 is 3.07 bits per heavy atom. The third kappa shape index (κ3) is 1.34. The highest BCUT2D eigenvalue weighted by atomic mass is 35.5. The Balaban J connectivity index is 2.36. The van der Waals surface area contributed by atoms with Crippen LogP contribution in [0.2, 0.25) is 5.02 Å². The predicted octanol–water partition coefficient (Wildman–Crippen LogP) is 0.655. The molecule has 14 heavy (non-hydrogen) atoms. The molecule has 0 saturated heterocycles. The van der Waals surface area contributed by atoms with Crippen molar-refractivity contribution in [1.29, 1.82) is 0 Å². The summed E-state index contributed by atoms with van der Waals surface area (Å²) in [6, 6.07) is 0. The average Bonchev–Trinajstić information content (AvgIpc) is 2.74. The molecule has 0 amide bonds. The lowest BCUT2D eigenvalue weighted by Crippen LogP contribution is -2.15. The summed E-state index contributed by atoms with van der Waals surface area (Å²) < 4.78 is 6.84. The van der Waals surface area contributed by atoms with E-state index in [4.69, 9.17) is 21.4 Å². The lowest BCUT2D eigenvalue weighted by Gasteiger charge is -2.11. The molecule has 0 radical (unpaired) electrons. The molecule has 5 nitrogen and oxygen atoms in total. The van der Waals surface area contributed by atoms with Crippen molar-refractivity contribution in [1.82, 2.24) is 15.1 Å². The predicted molar refractivity (Wildman–Crippen MR) is 50.2 cm³/mol. The zero-order valence-electron chi connectivity index (χ0n) is 7.57. The first-order valence-corrected chi connectivity index (χ1v) is 4.50. The summed E-state index contributed by atoms with van der Waals surface area (Å²) in [5, 5.41) is 16.4. The van der Waals surface area contributed by atoms with Gasteiger partial charge in [0.1, 0.15) is 17.6 Å². The van der Waals surface area contributed by atoms with E-state index >= 15 is 0 Å². The van der Waals surface area contributed by atoms with Gasteiger partial charge in [-0.25, -0.2) is 0 Å². The van der Waals surface area contributed by atoms with Crippen molar-refractivity contribution < 1.29 is 9.84 Å². The molecule has 6 heteroatoms. The van der Waals surface area contributed by atoms with Gasteiger partial charge in [0.05, 0.1) is 11.6 Å². The molecule has 76 valence electrons. The number of aliphatic hydroxyl groups is 1. The Kier molecular flexibility index (Phi) is 2.35. The van der Waals surface area contributed by atoms with E-state index in [1.54, 1.807) is 24.2 Å². The van der Waals surface area contributed by atoms with Gasteiger partial charge in [-0.05, 0) is 0 Å². The molecule has 0 aliphatic carbocycles. The molecule has 2 N–H and O–H groups in total. The lowest BCUT2D eigenvalue weighted by atomic mass is 10.3. The number of nitrogens with zero attached hydrogens (tertiary/aromatic N) is 2. The number of aliphatic hydroxyl groups excluding tert-OH is 1. The second kappa shape index (κ2) is 3.51. The van der Waals surface area contributed by atoms with E-state index in [0.29, 0.717) is 16.4 Å². The van der Waals surface area contributed by atoms with Crippen molar-refractivity contribution in [2.75, 3.05) is 0 Å². The fourth-order valence-corrected chi connectivity index (χ4v) is 1.70. The van der Waals surface area contributed by atoms with Crippen molar-refractivity contribution >= 4 is 11.6 Å². The van der Waals surface area contributed by atoms with Crippen LogP contribution in [-0.4, -0.2) is 14.9 Å². The van der Waals surface area contributed by atoms with Crippen LogP contribution in [0, 0.1) is 0 Å². The highest BCUT2D eigenvalue weighted by Crippen LogP contribution is 2.28. The van der Waals surface area contributed by atoms with Gasteiger partial charge in [0.25, 0.3) is 0 Å². The van der Waals surface area contributed by atoms with Crippen molar-refractivity contribution in [3.05, 3.63) is 28.9 Å². The number of hydrogen-bond acceptors (Lipinski definition) is 4. The van der Waals surface area contributed by atoms with E-state index in [1.165, 1.54) is 0 Å². The molecule has 2 heterocycles. The first kappa shape index (κ1) is 9.36. The number of hydrogen-bond donors (Lipinski definition) is 2. The maximum atomic E-state index is 8.96. The van der Waals surface area contributed by atoms with Gasteiger partial charge in [0, 0.05) is 13.2 Å². The van der Waals surface area contributed by atoms with Crippen LogP contribution in [0.15, 0.2) is 12.5 Å². The standard InChI is InChI=1S/C8H10ClN3O2/c1-12-7(8-10-2-3-14-8)6(9)5(4-13)11-12/h2-3,8,10,13H,4H2,1H3. The lowest BCUT2D eigenvalue weighted by molar-refractivity contribution is 0.146. The first-order chi connectivity index (χ1) is 6.74. The van der Waals surface area contributed by atoms with Gasteiger partial charge in [-0.1, -0.05) is 11.6 Å². The highest BCUT2D eigenvalue weighted by Gasteiger charge is 2.23. The van der Waals surface area contributed by atoms with Crippen LogP contribution < -0.4 is 5.32 Å².